The summed E-state index contributed by atoms with van der Waals surface area (Å²) in [5.41, 5.74) is 0. The van der Waals surface area contributed by atoms with Crippen LogP contribution in [0.25, 0.3) is 0 Å². The number of hydrogen-bond acceptors (Lipinski definition) is 5. The van der Waals surface area contributed by atoms with E-state index in [0.29, 0.717) is 12.5 Å². The summed E-state index contributed by atoms with van der Waals surface area (Å²) >= 11 is 0. The summed E-state index contributed by atoms with van der Waals surface area (Å²) in [7, 11) is 0. The Balaban J connectivity index is 3.77. The Morgan fingerprint density at radius 2 is 1.10 bits per heavy atom. The number of nitrogens with one attached hydrogen (secondary N) is 4. The molecule has 0 heterocycles. The number of hydrogen-bond donors (Lipinski definition) is 4. The molecule has 0 saturated heterocycles. The molecule has 0 saturated carbocycles. The van der Waals surface area contributed by atoms with E-state index in [1.54, 1.807) is 13.8 Å². The van der Waals surface area contributed by atoms with Gasteiger partial charge in [-0.05, 0) is 12.0 Å². The number of ketones is 1. The van der Waals surface area contributed by atoms with Crippen LogP contribution in [0, 0.1) is 11.8 Å². The maximum Gasteiger partial charge on any atom is 0.244 e. The van der Waals surface area contributed by atoms with E-state index in [1.165, 1.54) is 6.08 Å². The molecule has 0 aliphatic rings. The number of rotatable bonds is 14. The van der Waals surface area contributed by atoms with Crippen LogP contribution in [0.2, 0.25) is 0 Å². The molecule has 0 rings (SSSR count). The maximum atomic E-state index is 11.7. The van der Waals surface area contributed by atoms with Gasteiger partial charge in [-0.25, -0.2) is 0 Å². The Hall–Kier alpha value is -2.71. The normalized spacial score (nSPS) is 10.8. The van der Waals surface area contributed by atoms with Gasteiger partial charge in [0, 0.05) is 57.4 Å². The summed E-state index contributed by atoms with van der Waals surface area (Å²) in [5.74, 6) is -1.06. The Kier molecular flexibility index (Phi) is 13.8. The average molecular weight is 411 g/mol. The second-order valence-electron chi connectivity index (χ2n) is 7.33. The van der Waals surface area contributed by atoms with E-state index in [-0.39, 0.29) is 68.3 Å². The van der Waals surface area contributed by atoms with Crippen LogP contribution in [-0.2, 0) is 24.0 Å². The van der Waals surface area contributed by atoms with Gasteiger partial charge in [-0.15, -0.1) is 0 Å². The molecule has 4 N–H and O–H groups in total. The summed E-state index contributed by atoms with van der Waals surface area (Å²) in [6, 6.07) is 0. The molecular formula is C20H34N4O5. The van der Waals surface area contributed by atoms with E-state index < -0.39 is 5.91 Å². The van der Waals surface area contributed by atoms with Crippen molar-refractivity contribution < 1.29 is 24.0 Å². The fourth-order valence-electron chi connectivity index (χ4n) is 1.92. The Morgan fingerprint density at radius 3 is 1.55 bits per heavy atom. The minimum atomic E-state index is -0.441. The third-order valence-electron chi connectivity index (χ3n) is 3.68. The topological polar surface area (TPSA) is 133 Å². The van der Waals surface area contributed by atoms with E-state index in [2.05, 4.69) is 21.3 Å². The minimum absolute atomic E-state index is 0.0648. The van der Waals surface area contributed by atoms with E-state index >= 15 is 0 Å². The van der Waals surface area contributed by atoms with Crippen molar-refractivity contribution >= 4 is 29.4 Å². The largest absolute Gasteiger partial charge is 0.356 e. The van der Waals surface area contributed by atoms with Gasteiger partial charge in [0.25, 0.3) is 0 Å². The molecule has 0 atom stereocenters. The highest BCUT2D eigenvalue weighted by molar-refractivity contribution is 5.98. The molecule has 0 aromatic carbocycles. The first-order valence-corrected chi connectivity index (χ1v) is 9.91. The molecule has 0 radical (unpaired) electrons. The maximum absolute atomic E-state index is 11.7. The van der Waals surface area contributed by atoms with Crippen LogP contribution in [0.15, 0.2) is 12.2 Å². The van der Waals surface area contributed by atoms with E-state index in [9.17, 15) is 24.0 Å². The third-order valence-corrected chi connectivity index (χ3v) is 3.68. The zero-order valence-electron chi connectivity index (χ0n) is 17.8. The second-order valence-corrected chi connectivity index (χ2v) is 7.33. The summed E-state index contributed by atoms with van der Waals surface area (Å²) in [4.78, 5) is 57.7. The standard InChI is InChI=1S/C20H34N4O5/c1-14(2)13-24-20(29)9-12-23-19(28)8-11-22-18(27)7-10-21-17(26)6-5-16(25)15(3)4/h5-6,14-15H,7-13H2,1-4H3,(H,21,26)(H,22,27)(H,23,28)(H,24,29)/b6-5-. The third kappa shape index (κ3) is 16.0. The molecule has 0 aliphatic carbocycles. The number of carbonyl (C=O) groups is 5. The molecule has 9 nitrogen and oxygen atoms in total. The first kappa shape index (κ1) is 26.3. The van der Waals surface area contributed by atoms with Gasteiger partial charge in [0.1, 0.15) is 0 Å². The first-order chi connectivity index (χ1) is 13.6. The molecule has 29 heavy (non-hydrogen) atoms. The molecule has 0 aromatic heterocycles. The van der Waals surface area contributed by atoms with Gasteiger partial charge in [0.05, 0.1) is 0 Å². The van der Waals surface area contributed by atoms with Crippen molar-refractivity contribution in [3.05, 3.63) is 12.2 Å². The Labute approximate surface area is 172 Å². The number of carbonyl (C=O) groups excluding carboxylic acids is 5. The van der Waals surface area contributed by atoms with Gasteiger partial charge in [-0.3, -0.25) is 24.0 Å². The van der Waals surface area contributed by atoms with Crippen LogP contribution in [0.1, 0.15) is 47.0 Å². The summed E-state index contributed by atoms with van der Waals surface area (Å²) in [6.07, 6.45) is 2.74. The lowest BCUT2D eigenvalue weighted by Crippen LogP contribution is -2.35. The van der Waals surface area contributed by atoms with Crippen LogP contribution in [-0.4, -0.2) is 55.6 Å². The molecule has 0 unspecified atom stereocenters. The van der Waals surface area contributed by atoms with Crippen molar-refractivity contribution in [2.24, 2.45) is 11.8 Å². The quantitative estimate of drug-likeness (QED) is 0.301. The fourth-order valence-corrected chi connectivity index (χ4v) is 1.92. The van der Waals surface area contributed by atoms with Gasteiger partial charge in [-0.2, -0.15) is 0 Å². The lowest BCUT2D eigenvalue weighted by molar-refractivity contribution is -0.122. The van der Waals surface area contributed by atoms with Crippen LogP contribution < -0.4 is 21.3 Å². The summed E-state index contributed by atoms with van der Waals surface area (Å²) < 4.78 is 0. The van der Waals surface area contributed by atoms with Gasteiger partial charge >= 0.3 is 0 Å². The smallest absolute Gasteiger partial charge is 0.244 e. The van der Waals surface area contributed by atoms with Crippen molar-refractivity contribution in [2.75, 3.05) is 26.2 Å². The molecule has 164 valence electrons. The fraction of sp³-hybridized carbons (Fsp3) is 0.650. The van der Waals surface area contributed by atoms with Crippen molar-refractivity contribution in [1.82, 2.24) is 21.3 Å². The average Bonchev–Trinajstić information content (AvgIpc) is 2.64. The molecule has 0 aliphatic heterocycles. The van der Waals surface area contributed by atoms with Crippen LogP contribution >= 0.6 is 0 Å². The highest BCUT2D eigenvalue weighted by Gasteiger charge is 2.07. The highest BCUT2D eigenvalue weighted by atomic mass is 16.2. The molecule has 9 heteroatoms. The first-order valence-electron chi connectivity index (χ1n) is 9.91. The lowest BCUT2D eigenvalue weighted by atomic mass is 10.1. The molecule has 0 aromatic rings. The predicted octanol–water partition coefficient (Wildman–Crippen LogP) is 0.0588. The van der Waals surface area contributed by atoms with Crippen molar-refractivity contribution in [1.29, 1.82) is 0 Å². The van der Waals surface area contributed by atoms with Crippen LogP contribution in [0.3, 0.4) is 0 Å². The molecule has 4 amide bonds. The van der Waals surface area contributed by atoms with Crippen LogP contribution in [0.5, 0.6) is 0 Å². The summed E-state index contributed by atoms with van der Waals surface area (Å²) in [5, 5.41) is 10.5. The Bertz CT molecular complexity index is 600. The van der Waals surface area contributed by atoms with E-state index in [1.807, 2.05) is 13.8 Å². The zero-order valence-corrected chi connectivity index (χ0v) is 17.8. The molecule has 0 spiro atoms. The SMILES string of the molecule is CC(C)CNC(=O)CCNC(=O)CCNC(=O)CCNC(=O)/C=C\C(=O)C(C)C. The number of allylic oxidation sites excluding steroid dienone is 1. The molecule has 0 fully saturated rings. The van der Waals surface area contributed by atoms with Gasteiger partial charge in [0.2, 0.25) is 23.6 Å². The predicted molar refractivity (Wildman–Crippen MR) is 110 cm³/mol. The van der Waals surface area contributed by atoms with Crippen molar-refractivity contribution in [3.63, 3.8) is 0 Å². The molecule has 0 bridgehead atoms. The van der Waals surface area contributed by atoms with Gasteiger partial charge in [-0.1, -0.05) is 27.7 Å². The van der Waals surface area contributed by atoms with E-state index in [0.717, 1.165) is 6.08 Å². The van der Waals surface area contributed by atoms with Crippen molar-refractivity contribution in [2.45, 2.75) is 47.0 Å². The number of amides is 4. The molecular weight excluding hydrogens is 376 g/mol. The van der Waals surface area contributed by atoms with Gasteiger partial charge < -0.3 is 21.3 Å². The minimum Gasteiger partial charge on any atom is -0.356 e. The highest BCUT2D eigenvalue weighted by Crippen LogP contribution is 1.95. The lowest BCUT2D eigenvalue weighted by Gasteiger charge is -2.09. The Morgan fingerprint density at radius 1 is 0.655 bits per heavy atom. The second kappa shape index (κ2) is 15.2. The monoisotopic (exact) mass is 410 g/mol. The van der Waals surface area contributed by atoms with Gasteiger partial charge in [0.15, 0.2) is 5.78 Å². The van der Waals surface area contributed by atoms with Crippen molar-refractivity contribution in [3.8, 4) is 0 Å². The van der Waals surface area contributed by atoms with Crippen LogP contribution in [0.4, 0.5) is 0 Å². The summed E-state index contributed by atoms with van der Waals surface area (Å²) in [6.45, 7) is 8.61. The zero-order chi connectivity index (χ0) is 22.2. The van der Waals surface area contributed by atoms with E-state index in [4.69, 9.17) is 0 Å².